The van der Waals surface area contributed by atoms with Crippen molar-refractivity contribution >= 4 is 38.9 Å². The summed E-state index contributed by atoms with van der Waals surface area (Å²) < 4.78 is 42.2. The van der Waals surface area contributed by atoms with E-state index >= 15 is 0 Å². The van der Waals surface area contributed by atoms with Crippen molar-refractivity contribution in [1.29, 1.82) is 5.41 Å². The Morgan fingerprint density at radius 3 is 2.57 bits per heavy atom. The number of hydrogen-bond donors (Lipinski definition) is 2. The minimum absolute atomic E-state index is 0.114. The minimum atomic E-state index is -3.63. The zero-order chi connectivity index (χ0) is 26.2. The first-order valence-corrected chi connectivity index (χ1v) is 14.8. The Morgan fingerprint density at radius 2 is 1.95 bits per heavy atom. The molecule has 1 atom stereocenters. The van der Waals surface area contributed by atoms with Crippen LogP contribution in [-0.2, 0) is 10.0 Å². The van der Waals surface area contributed by atoms with Crippen LogP contribution in [0.4, 0.5) is 15.8 Å². The van der Waals surface area contributed by atoms with Crippen LogP contribution in [0.2, 0.25) is 0 Å². The highest BCUT2D eigenvalue weighted by Gasteiger charge is 2.38. The number of halogens is 1. The van der Waals surface area contributed by atoms with E-state index in [2.05, 4.69) is 15.2 Å². The highest BCUT2D eigenvalue weighted by atomic mass is 32.2. The molecule has 5 rings (SSSR count). The smallest absolute Gasteiger partial charge is 0.254 e. The van der Waals surface area contributed by atoms with E-state index in [9.17, 15) is 12.8 Å². The van der Waals surface area contributed by atoms with Crippen molar-refractivity contribution in [2.75, 3.05) is 31.5 Å². The van der Waals surface area contributed by atoms with E-state index in [-0.39, 0.29) is 16.1 Å². The van der Waals surface area contributed by atoms with Crippen LogP contribution in [-0.4, -0.2) is 55.0 Å². The third-order valence-corrected chi connectivity index (χ3v) is 10.7. The summed E-state index contributed by atoms with van der Waals surface area (Å²) in [5.74, 6) is 0.345. The summed E-state index contributed by atoms with van der Waals surface area (Å²) in [4.78, 5) is 6.59. The number of aromatic nitrogens is 1. The fourth-order valence-electron chi connectivity index (χ4n) is 5.14. The molecule has 0 spiro atoms. The first-order valence-electron chi connectivity index (χ1n) is 12.6. The van der Waals surface area contributed by atoms with Crippen molar-refractivity contribution < 1.29 is 12.8 Å². The Hall–Kier alpha value is -2.66. The van der Waals surface area contributed by atoms with Gasteiger partial charge in [-0.2, -0.15) is 4.31 Å². The topological polar surface area (TPSA) is 89.4 Å². The average Bonchev–Trinajstić information content (AvgIpc) is 3.30. The predicted molar refractivity (Wildman–Crippen MR) is 146 cm³/mol. The lowest BCUT2D eigenvalue weighted by Crippen LogP contribution is -2.51. The minimum Gasteiger partial charge on any atom is -0.355 e. The van der Waals surface area contributed by atoms with Gasteiger partial charge in [0.1, 0.15) is 5.82 Å². The monoisotopic (exact) mass is 541 g/mol. The number of piperazine rings is 1. The molecule has 1 saturated carbocycles. The van der Waals surface area contributed by atoms with Crippen molar-refractivity contribution in [2.24, 2.45) is 5.92 Å². The Bertz CT molecular complexity index is 1390. The molecule has 0 radical (unpaired) electrons. The van der Waals surface area contributed by atoms with Gasteiger partial charge in [0.25, 0.3) is 10.0 Å². The fourth-order valence-corrected chi connectivity index (χ4v) is 7.84. The molecule has 37 heavy (non-hydrogen) atoms. The molecule has 1 aliphatic heterocycles. The zero-order valence-corrected chi connectivity index (χ0v) is 22.7. The molecule has 0 amide bonds. The van der Waals surface area contributed by atoms with Crippen molar-refractivity contribution in [3.63, 3.8) is 0 Å². The Morgan fingerprint density at radius 1 is 1.19 bits per heavy atom. The number of sulfonamides is 1. The number of aryl methyl sites for hydroxylation is 2. The maximum absolute atomic E-state index is 13.5. The van der Waals surface area contributed by atoms with Crippen LogP contribution < -0.4 is 5.32 Å². The maximum Gasteiger partial charge on any atom is 0.254 e. The Labute approximate surface area is 221 Å². The van der Waals surface area contributed by atoms with Crippen molar-refractivity contribution in [3.8, 4) is 0 Å². The van der Waals surface area contributed by atoms with Gasteiger partial charge in [0.15, 0.2) is 4.21 Å². The highest BCUT2D eigenvalue weighted by Crippen LogP contribution is 2.37. The summed E-state index contributed by atoms with van der Waals surface area (Å²) >= 11 is 1.21. The van der Waals surface area contributed by atoms with E-state index in [1.807, 2.05) is 26.0 Å². The normalized spacial score (nSPS) is 19.5. The lowest BCUT2D eigenvalue weighted by atomic mass is 9.84. The molecule has 196 valence electrons. The number of nitrogens with zero attached hydrogens (tertiary/aromatic N) is 3. The number of thiazole rings is 1. The van der Waals surface area contributed by atoms with Gasteiger partial charge in [-0.15, -0.1) is 11.3 Å². The van der Waals surface area contributed by atoms with Gasteiger partial charge >= 0.3 is 0 Å². The van der Waals surface area contributed by atoms with Crippen LogP contribution >= 0.6 is 11.3 Å². The third kappa shape index (κ3) is 5.47. The van der Waals surface area contributed by atoms with E-state index in [1.54, 1.807) is 16.4 Å². The number of benzene rings is 2. The zero-order valence-electron chi connectivity index (χ0n) is 21.1. The number of nitrogens with one attached hydrogen (secondary N) is 2. The van der Waals surface area contributed by atoms with Gasteiger partial charge in [0.2, 0.25) is 0 Å². The summed E-state index contributed by atoms with van der Waals surface area (Å²) in [7, 11) is -3.63. The molecule has 10 heteroatoms. The quantitative estimate of drug-likeness (QED) is 0.368. The summed E-state index contributed by atoms with van der Waals surface area (Å²) in [6.45, 7) is 6.26. The standard InChI is InChI=1S/C27H32FN5O2S2/c1-18-12-25(31-23-8-6-22(28)7-9-23)21(14-29)13-24(18)26-17-33(11-10-32(26)16-20-4-3-5-20)37(34,35)27-15-30-19(2)36-27/h6-9,12-15,20,26,29,31H,3-5,10-11,16-17H2,1-2H3/t26-/m1/s1. The molecule has 0 bridgehead atoms. The summed E-state index contributed by atoms with van der Waals surface area (Å²) in [5, 5.41) is 12.1. The van der Waals surface area contributed by atoms with E-state index in [0.717, 1.165) is 34.1 Å². The SMILES string of the molecule is Cc1ncc(S(=O)(=O)N2CCN(CC3CCC3)[C@@H](c3cc(C=N)c(Nc4ccc(F)cc4)cc3C)C2)s1. The van der Waals surface area contributed by atoms with Crippen LogP contribution in [0.1, 0.15) is 47.0 Å². The molecule has 7 nitrogen and oxygen atoms in total. The van der Waals surface area contributed by atoms with Crippen molar-refractivity contribution in [2.45, 2.75) is 43.4 Å². The number of anilines is 2. The fraction of sp³-hybridized carbons (Fsp3) is 0.407. The lowest BCUT2D eigenvalue weighted by Gasteiger charge is -2.44. The van der Waals surface area contributed by atoms with Crippen molar-refractivity contribution in [1.82, 2.24) is 14.2 Å². The molecule has 2 heterocycles. The number of hydrogen-bond acceptors (Lipinski definition) is 7. The molecule has 2 fully saturated rings. The molecular weight excluding hydrogens is 509 g/mol. The molecular formula is C27H32FN5O2S2. The largest absolute Gasteiger partial charge is 0.355 e. The van der Waals surface area contributed by atoms with E-state index in [4.69, 9.17) is 5.41 Å². The molecule has 2 N–H and O–H groups in total. The second-order valence-corrected chi connectivity index (χ2v) is 13.3. The highest BCUT2D eigenvalue weighted by molar-refractivity contribution is 7.91. The molecule has 1 aromatic heterocycles. The van der Waals surface area contributed by atoms with Gasteiger partial charge in [-0.05, 0) is 80.1 Å². The average molecular weight is 542 g/mol. The molecule has 1 saturated heterocycles. The van der Waals surface area contributed by atoms with Gasteiger partial charge in [-0.1, -0.05) is 6.42 Å². The molecule has 3 aromatic rings. The summed E-state index contributed by atoms with van der Waals surface area (Å²) in [6, 6.07) is 10.0. The maximum atomic E-state index is 13.5. The first kappa shape index (κ1) is 26.0. The van der Waals surface area contributed by atoms with Gasteiger partial charge in [0, 0.05) is 55.4 Å². The second-order valence-electron chi connectivity index (χ2n) is 9.94. The predicted octanol–water partition coefficient (Wildman–Crippen LogP) is 5.49. The molecule has 2 aromatic carbocycles. The van der Waals surface area contributed by atoms with E-state index in [1.165, 1.54) is 55.1 Å². The first-order chi connectivity index (χ1) is 17.7. The third-order valence-electron chi connectivity index (χ3n) is 7.44. The Balaban J connectivity index is 1.47. The van der Waals surface area contributed by atoms with Gasteiger partial charge in [-0.25, -0.2) is 17.8 Å². The Kier molecular flexibility index (Phi) is 7.44. The molecule has 1 aliphatic carbocycles. The molecule has 2 aliphatic rings. The van der Waals surface area contributed by atoms with E-state index < -0.39 is 10.0 Å². The van der Waals surface area contributed by atoms with E-state index in [0.29, 0.717) is 31.1 Å². The van der Waals surface area contributed by atoms with Crippen LogP contribution in [0, 0.1) is 31.0 Å². The molecule has 0 unspecified atom stereocenters. The van der Waals surface area contributed by atoms with Crippen LogP contribution in [0.5, 0.6) is 0 Å². The van der Waals surface area contributed by atoms with Gasteiger partial charge in [-0.3, -0.25) is 4.90 Å². The number of rotatable bonds is 8. The van der Waals surface area contributed by atoms with Crippen LogP contribution in [0.25, 0.3) is 0 Å². The van der Waals surface area contributed by atoms with Crippen LogP contribution in [0.3, 0.4) is 0 Å². The summed E-state index contributed by atoms with van der Waals surface area (Å²) in [5.41, 5.74) is 4.24. The van der Waals surface area contributed by atoms with Gasteiger partial charge < -0.3 is 10.7 Å². The van der Waals surface area contributed by atoms with Crippen LogP contribution in [0.15, 0.2) is 46.8 Å². The lowest BCUT2D eigenvalue weighted by molar-refractivity contribution is 0.0807. The summed E-state index contributed by atoms with van der Waals surface area (Å²) in [6.07, 6.45) is 6.46. The van der Waals surface area contributed by atoms with Crippen molar-refractivity contribution in [3.05, 3.63) is 70.1 Å². The van der Waals surface area contributed by atoms with Gasteiger partial charge in [0.05, 0.1) is 11.2 Å². The second kappa shape index (κ2) is 10.6.